The Kier molecular flexibility index (Phi) is 10.00. The Bertz CT molecular complexity index is 1900. The molecule has 2 amide bonds. The maximum atomic E-state index is 14.2. The summed E-state index contributed by atoms with van der Waals surface area (Å²) in [6.07, 6.45) is 5.43. The van der Waals surface area contributed by atoms with Crippen LogP contribution in [0.2, 0.25) is 0 Å². The fourth-order valence-corrected chi connectivity index (χ4v) is 7.65. The molecule has 0 radical (unpaired) electrons. The molecule has 0 aliphatic carbocycles. The van der Waals surface area contributed by atoms with Crippen molar-refractivity contribution < 1.29 is 14.4 Å². The summed E-state index contributed by atoms with van der Waals surface area (Å²) in [7, 11) is 0. The highest BCUT2D eigenvalue weighted by molar-refractivity contribution is 14.1. The summed E-state index contributed by atoms with van der Waals surface area (Å²) < 4.78 is 1.45. The summed E-state index contributed by atoms with van der Waals surface area (Å²) >= 11 is 2.28. The normalized spacial score (nSPS) is 17.6. The number of hydrogen-bond donors (Lipinski definition) is 1. The smallest absolute Gasteiger partial charge is 0.245 e. The summed E-state index contributed by atoms with van der Waals surface area (Å²) in [6.45, 7) is 7.24. The van der Waals surface area contributed by atoms with E-state index in [1.165, 1.54) is 6.92 Å². The highest BCUT2D eigenvalue weighted by atomic mass is 127. The van der Waals surface area contributed by atoms with Crippen LogP contribution in [0.1, 0.15) is 53.3 Å². The molecule has 3 aromatic carbocycles. The molecular formula is C38H39IN6O3. The van der Waals surface area contributed by atoms with Crippen LogP contribution in [0.3, 0.4) is 0 Å². The Labute approximate surface area is 294 Å². The zero-order chi connectivity index (χ0) is 33.9. The molecule has 246 valence electrons. The van der Waals surface area contributed by atoms with Gasteiger partial charge >= 0.3 is 0 Å². The predicted octanol–water partition coefficient (Wildman–Crippen LogP) is 6.28. The number of benzene rings is 3. The molecule has 0 spiro atoms. The van der Waals surface area contributed by atoms with Crippen LogP contribution in [0, 0.1) is 19.8 Å². The predicted molar refractivity (Wildman–Crippen MR) is 195 cm³/mol. The van der Waals surface area contributed by atoms with Gasteiger partial charge in [0.05, 0.1) is 9.57 Å². The van der Waals surface area contributed by atoms with E-state index in [9.17, 15) is 14.4 Å². The average molecular weight is 755 g/mol. The fourth-order valence-electron chi connectivity index (χ4n) is 6.66. The number of nitrogens with zero attached hydrogens (tertiary/aromatic N) is 5. The number of carbonyl (C=O) groups excluding carboxylic acids is 3. The van der Waals surface area contributed by atoms with Crippen molar-refractivity contribution in [3.63, 3.8) is 0 Å². The lowest BCUT2D eigenvalue weighted by molar-refractivity contribution is -0.139. The van der Waals surface area contributed by atoms with E-state index in [4.69, 9.17) is 0 Å². The number of aromatic nitrogens is 4. The minimum absolute atomic E-state index is 0.0922. The summed E-state index contributed by atoms with van der Waals surface area (Å²) in [5.74, 6) is 0.241. The molecule has 3 heterocycles. The minimum atomic E-state index is -0.619. The van der Waals surface area contributed by atoms with Crippen molar-refractivity contribution in [3.05, 3.63) is 113 Å². The van der Waals surface area contributed by atoms with E-state index in [1.54, 1.807) is 22.0 Å². The molecule has 5 aromatic rings. The van der Waals surface area contributed by atoms with Crippen molar-refractivity contribution in [1.82, 2.24) is 30.0 Å². The van der Waals surface area contributed by atoms with Gasteiger partial charge in [0.15, 0.2) is 5.78 Å². The number of likely N-dealkylation sites (tertiary alicyclic amines) is 1. The first-order valence-corrected chi connectivity index (χ1v) is 17.5. The first-order valence-electron chi connectivity index (χ1n) is 16.2. The second-order valence-electron chi connectivity index (χ2n) is 12.8. The summed E-state index contributed by atoms with van der Waals surface area (Å²) in [5, 5.41) is 8.64. The van der Waals surface area contributed by atoms with Crippen molar-refractivity contribution in [1.29, 1.82) is 0 Å². The molecule has 10 heteroatoms. The number of rotatable bonds is 10. The lowest BCUT2D eigenvalue weighted by Crippen LogP contribution is -2.51. The number of ketones is 1. The second kappa shape index (κ2) is 14.3. The van der Waals surface area contributed by atoms with Gasteiger partial charge in [-0.2, -0.15) is 5.10 Å². The molecule has 9 nitrogen and oxygen atoms in total. The molecule has 1 fully saturated rings. The quantitative estimate of drug-likeness (QED) is 0.0779. The Balaban J connectivity index is 1.27. The number of nitrogens with one attached hydrogen (secondary N) is 1. The van der Waals surface area contributed by atoms with Crippen LogP contribution in [0.4, 0.5) is 0 Å². The largest absolute Gasteiger partial charge is 0.351 e. The van der Waals surface area contributed by atoms with E-state index in [0.717, 1.165) is 33.3 Å². The van der Waals surface area contributed by atoms with E-state index >= 15 is 0 Å². The van der Waals surface area contributed by atoms with Crippen LogP contribution >= 0.6 is 22.6 Å². The third kappa shape index (κ3) is 7.18. The molecule has 3 atom stereocenters. The molecule has 2 aromatic heterocycles. The maximum Gasteiger partial charge on any atom is 0.245 e. The number of amides is 2. The third-order valence-electron chi connectivity index (χ3n) is 9.02. The molecule has 48 heavy (non-hydrogen) atoms. The van der Waals surface area contributed by atoms with Gasteiger partial charge in [-0.25, -0.2) is 9.97 Å². The number of carbonyl (C=O) groups is 3. The van der Waals surface area contributed by atoms with Crippen molar-refractivity contribution in [2.75, 3.05) is 0 Å². The van der Waals surface area contributed by atoms with E-state index in [0.29, 0.717) is 36.2 Å². The number of hydrogen-bond acceptors (Lipinski definition) is 6. The Morgan fingerprint density at radius 3 is 2.10 bits per heavy atom. The lowest BCUT2D eigenvalue weighted by atomic mass is 9.98. The zero-order valence-corrected chi connectivity index (χ0v) is 29.7. The highest BCUT2D eigenvalue weighted by Gasteiger charge is 2.44. The molecule has 1 saturated heterocycles. The summed E-state index contributed by atoms with van der Waals surface area (Å²) in [6, 6.07) is 23.4. The molecule has 1 aliphatic rings. The van der Waals surface area contributed by atoms with E-state index in [-0.39, 0.29) is 40.2 Å². The van der Waals surface area contributed by atoms with Gasteiger partial charge in [0.1, 0.15) is 24.1 Å². The first-order chi connectivity index (χ1) is 23.1. The Morgan fingerprint density at radius 2 is 1.52 bits per heavy atom. The van der Waals surface area contributed by atoms with Crippen LogP contribution < -0.4 is 5.32 Å². The second-order valence-corrected chi connectivity index (χ2v) is 14.0. The molecule has 1 aliphatic heterocycles. The van der Waals surface area contributed by atoms with Crippen molar-refractivity contribution in [2.24, 2.45) is 5.92 Å². The van der Waals surface area contributed by atoms with E-state index in [2.05, 4.69) is 74.2 Å². The Hall–Kier alpha value is -4.45. The molecule has 1 N–H and O–H groups in total. The maximum absolute atomic E-state index is 14.2. The van der Waals surface area contributed by atoms with Gasteiger partial charge in [-0.3, -0.25) is 19.1 Å². The van der Waals surface area contributed by atoms with Crippen LogP contribution in [-0.2, 0) is 29.0 Å². The van der Waals surface area contributed by atoms with E-state index in [1.807, 2.05) is 62.4 Å². The van der Waals surface area contributed by atoms with Gasteiger partial charge in [0.2, 0.25) is 11.8 Å². The Morgan fingerprint density at radius 1 is 0.917 bits per heavy atom. The zero-order valence-electron chi connectivity index (χ0n) is 27.6. The fraction of sp³-hybridized carbons (Fsp3) is 0.316. The topological polar surface area (TPSA) is 110 Å². The first kappa shape index (κ1) is 33.5. The van der Waals surface area contributed by atoms with Gasteiger partial charge in [0, 0.05) is 36.3 Å². The molecule has 0 unspecified atom stereocenters. The molecule has 0 saturated carbocycles. The molecule has 6 rings (SSSR count). The lowest BCUT2D eigenvalue weighted by Gasteiger charge is -2.29. The summed E-state index contributed by atoms with van der Waals surface area (Å²) in [5.41, 5.74) is 5.86. The van der Waals surface area contributed by atoms with Crippen LogP contribution in [0.5, 0.6) is 0 Å². The van der Waals surface area contributed by atoms with Gasteiger partial charge in [-0.1, -0.05) is 90.2 Å². The summed E-state index contributed by atoms with van der Waals surface area (Å²) in [4.78, 5) is 51.4. The average Bonchev–Trinajstić information content (AvgIpc) is 3.59. The van der Waals surface area contributed by atoms with Crippen LogP contribution in [0.15, 0.2) is 85.2 Å². The van der Waals surface area contributed by atoms with Gasteiger partial charge < -0.3 is 10.2 Å². The SMILES string of the molecule is CC(=O)c1nn(CC(=O)N2[C@H](I)[C@@H](C)C[C@H]2C(=O)NC(Cc2ccccc2)Cc2ccccc2)c2c(C)cc(-c3cnc(C)nc3)cc12. The number of halogens is 1. The van der Waals surface area contributed by atoms with Crippen molar-refractivity contribution in [3.8, 4) is 11.1 Å². The number of Topliss-reactive ketones (excluding diaryl/α,β-unsaturated/α-hetero) is 1. The standard InChI is InChI=1S/C38H39IN6O3/c1-23-15-29(30-20-40-26(4)41-21-30)19-32-35(25(3)46)43-44(36(23)32)22-34(47)45-33(16-24(2)37(45)39)38(48)42-31(17-27-11-7-5-8-12-27)18-28-13-9-6-10-14-28/h5-15,19-21,24,31,33,37H,16-18,22H2,1-4H3,(H,42,48)/t24-,33-,37-/m0/s1. The number of alkyl halides is 1. The van der Waals surface area contributed by atoms with Crippen LogP contribution in [-0.4, -0.2) is 58.4 Å². The van der Waals surface area contributed by atoms with Crippen molar-refractivity contribution in [2.45, 2.75) is 69.6 Å². The molecule has 0 bridgehead atoms. The molecular weight excluding hydrogens is 715 g/mol. The van der Waals surface area contributed by atoms with Crippen LogP contribution in [0.25, 0.3) is 22.0 Å². The van der Waals surface area contributed by atoms with Gasteiger partial charge in [0.25, 0.3) is 0 Å². The van der Waals surface area contributed by atoms with Gasteiger partial charge in [-0.15, -0.1) is 0 Å². The minimum Gasteiger partial charge on any atom is -0.351 e. The highest BCUT2D eigenvalue weighted by Crippen LogP contribution is 2.35. The number of fused-ring (bicyclic) bond motifs is 1. The third-order valence-corrected chi connectivity index (χ3v) is 10.8. The van der Waals surface area contributed by atoms with E-state index < -0.39 is 6.04 Å². The van der Waals surface area contributed by atoms with Crippen molar-refractivity contribution >= 4 is 51.1 Å². The monoisotopic (exact) mass is 754 g/mol. The number of aryl methyl sites for hydroxylation is 2. The van der Waals surface area contributed by atoms with Gasteiger partial charge in [-0.05, 0) is 73.4 Å².